The number of aromatic nitrogens is 1. The minimum Gasteiger partial charge on any atom is -0.480 e. The van der Waals surface area contributed by atoms with Crippen LogP contribution < -0.4 is 10.6 Å². The predicted octanol–water partition coefficient (Wildman–Crippen LogP) is 4.80. The summed E-state index contributed by atoms with van der Waals surface area (Å²) in [7, 11) is 1.51. The van der Waals surface area contributed by atoms with Gasteiger partial charge in [-0.3, -0.25) is 0 Å². The minimum atomic E-state index is -0.924. The van der Waals surface area contributed by atoms with Gasteiger partial charge in [-0.25, -0.2) is 14.2 Å². The first-order valence-corrected chi connectivity index (χ1v) is 13.7. The van der Waals surface area contributed by atoms with E-state index >= 15 is 0 Å². The van der Waals surface area contributed by atoms with Gasteiger partial charge in [0.1, 0.15) is 18.5 Å². The number of nitrogens with one attached hydrogen (secondary N) is 2. The van der Waals surface area contributed by atoms with Crippen molar-refractivity contribution in [2.45, 2.75) is 63.5 Å². The second-order valence-electron chi connectivity index (χ2n) is 10.1. The summed E-state index contributed by atoms with van der Waals surface area (Å²) in [5.41, 5.74) is 4.10. The number of anilines is 1. The lowest BCUT2D eigenvalue weighted by atomic mass is 9.97. The molecule has 0 bridgehead atoms. The number of pyridine rings is 1. The topological polar surface area (TPSA) is 86.7 Å². The Morgan fingerprint density at radius 1 is 1.24 bits per heavy atom. The van der Waals surface area contributed by atoms with Gasteiger partial charge in [-0.15, -0.1) is 0 Å². The molecule has 3 atom stereocenters. The fraction of sp³-hybridized carbons (Fsp3) is 0.533. The Morgan fingerprint density at radius 3 is 2.74 bits per heavy atom. The van der Waals surface area contributed by atoms with Crippen molar-refractivity contribution in [2.75, 3.05) is 45.3 Å². The molecule has 0 saturated carbocycles. The molecule has 0 spiro atoms. The quantitative estimate of drug-likeness (QED) is 0.255. The molecule has 2 heterocycles. The largest absolute Gasteiger partial charge is 0.480 e. The molecule has 3 rings (SSSR count). The van der Waals surface area contributed by atoms with Crippen LogP contribution in [0.4, 0.5) is 10.2 Å². The van der Waals surface area contributed by atoms with Crippen molar-refractivity contribution in [3.05, 3.63) is 71.6 Å². The predicted molar refractivity (Wildman–Crippen MR) is 150 cm³/mol. The lowest BCUT2D eigenvalue weighted by molar-refractivity contribution is -0.139. The van der Waals surface area contributed by atoms with Gasteiger partial charge in [0.25, 0.3) is 0 Å². The van der Waals surface area contributed by atoms with E-state index in [0.717, 1.165) is 62.3 Å². The Morgan fingerprint density at radius 2 is 2.03 bits per heavy atom. The number of carboxylic acids is 1. The maximum atomic E-state index is 13.4. The highest BCUT2D eigenvalue weighted by Crippen LogP contribution is 2.22. The molecule has 2 aromatic rings. The molecule has 8 heteroatoms. The van der Waals surface area contributed by atoms with Crippen LogP contribution in [0.5, 0.6) is 0 Å². The van der Waals surface area contributed by atoms with Gasteiger partial charge in [0.2, 0.25) is 0 Å². The standard InChI is InChI=1S/C30H43FN4O3/c1-22(24-10-5-4-6-11-24)23(2)33-28(30(36)37)16-19-35(21-27(20-31)38-3)18-8-7-13-26-15-14-25-12-9-17-32-29(25)34-26/h4-6,10-11,14-15,22,27-28,33H,2,7-9,12-13,16-21H2,1,3H3,(H,32,34)(H,36,37). The number of aliphatic carboxylic acids is 1. The zero-order valence-corrected chi connectivity index (χ0v) is 22.8. The molecular weight excluding hydrogens is 483 g/mol. The maximum absolute atomic E-state index is 13.4. The first kappa shape index (κ1) is 29.6. The highest BCUT2D eigenvalue weighted by molar-refractivity contribution is 5.73. The summed E-state index contributed by atoms with van der Waals surface area (Å²) in [5.74, 6) is 0.0647. The first-order chi connectivity index (χ1) is 18.4. The van der Waals surface area contributed by atoms with Gasteiger partial charge in [-0.1, -0.05) is 49.9 Å². The number of halogens is 1. The molecule has 38 heavy (non-hydrogen) atoms. The summed E-state index contributed by atoms with van der Waals surface area (Å²) in [6.45, 7) is 8.17. The van der Waals surface area contributed by atoms with E-state index in [1.165, 1.54) is 12.7 Å². The summed E-state index contributed by atoms with van der Waals surface area (Å²) in [5, 5.41) is 16.4. The highest BCUT2D eigenvalue weighted by Gasteiger charge is 2.22. The second kappa shape index (κ2) is 15.4. The van der Waals surface area contributed by atoms with Gasteiger partial charge in [0, 0.05) is 44.1 Å². The van der Waals surface area contributed by atoms with Crippen molar-refractivity contribution in [1.29, 1.82) is 0 Å². The van der Waals surface area contributed by atoms with Gasteiger partial charge >= 0.3 is 5.97 Å². The fourth-order valence-electron chi connectivity index (χ4n) is 4.78. The monoisotopic (exact) mass is 526 g/mol. The first-order valence-electron chi connectivity index (χ1n) is 13.7. The summed E-state index contributed by atoms with van der Waals surface area (Å²) in [6.07, 6.45) is 4.77. The molecule has 1 aliphatic rings. The van der Waals surface area contributed by atoms with Gasteiger partial charge in [0.05, 0.1) is 6.10 Å². The maximum Gasteiger partial charge on any atom is 0.326 e. The summed E-state index contributed by atoms with van der Waals surface area (Å²) >= 11 is 0. The van der Waals surface area contributed by atoms with Crippen LogP contribution >= 0.6 is 0 Å². The third kappa shape index (κ3) is 9.10. The number of fused-ring (bicyclic) bond motifs is 1. The average Bonchev–Trinajstić information content (AvgIpc) is 2.95. The van der Waals surface area contributed by atoms with Crippen molar-refractivity contribution in [2.24, 2.45) is 0 Å². The number of alkyl halides is 1. The molecule has 0 radical (unpaired) electrons. The molecular formula is C30H43FN4O3. The minimum absolute atomic E-state index is 0.0223. The third-order valence-electron chi connectivity index (χ3n) is 7.29. The molecule has 208 valence electrons. The molecule has 0 saturated heterocycles. The van der Waals surface area contributed by atoms with Crippen LogP contribution in [0.3, 0.4) is 0 Å². The van der Waals surface area contributed by atoms with E-state index in [1.807, 2.05) is 37.3 Å². The molecule has 3 N–H and O–H groups in total. The second-order valence-corrected chi connectivity index (χ2v) is 10.1. The zero-order chi connectivity index (χ0) is 27.3. The van der Waals surface area contributed by atoms with E-state index in [0.29, 0.717) is 25.2 Å². The Bertz CT molecular complexity index is 1020. The molecule has 7 nitrogen and oxygen atoms in total. The number of rotatable bonds is 17. The van der Waals surface area contributed by atoms with E-state index in [1.54, 1.807) is 0 Å². The molecule has 0 fully saturated rings. The number of allylic oxidation sites excluding steroid dienone is 1. The molecule has 1 aromatic heterocycles. The Kier molecular flexibility index (Phi) is 12.0. The molecule has 3 unspecified atom stereocenters. The summed E-state index contributed by atoms with van der Waals surface area (Å²) in [4.78, 5) is 18.9. The lowest BCUT2D eigenvalue weighted by Gasteiger charge is -2.28. The van der Waals surface area contributed by atoms with Crippen LogP contribution in [0.1, 0.15) is 55.3 Å². The summed E-state index contributed by atoms with van der Waals surface area (Å²) in [6, 6.07) is 13.4. The van der Waals surface area contributed by atoms with Crippen LogP contribution in [-0.2, 0) is 22.4 Å². The van der Waals surface area contributed by atoms with Crippen molar-refractivity contribution < 1.29 is 19.0 Å². The number of carboxylic acid groups (broad SMARTS) is 1. The number of hydrogen-bond acceptors (Lipinski definition) is 6. The number of ether oxygens (including phenoxy) is 1. The molecule has 1 aliphatic heterocycles. The van der Waals surface area contributed by atoms with E-state index in [-0.39, 0.29) is 5.92 Å². The van der Waals surface area contributed by atoms with Gasteiger partial charge < -0.3 is 25.4 Å². The van der Waals surface area contributed by atoms with Crippen LogP contribution in [0.2, 0.25) is 0 Å². The summed E-state index contributed by atoms with van der Waals surface area (Å²) < 4.78 is 18.7. The van der Waals surface area contributed by atoms with Crippen molar-refractivity contribution >= 4 is 11.8 Å². The van der Waals surface area contributed by atoms with Crippen LogP contribution in [-0.4, -0.2) is 73.1 Å². The van der Waals surface area contributed by atoms with E-state index in [2.05, 4.69) is 34.2 Å². The number of hydrogen-bond donors (Lipinski definition) is 3. The Balaban J connectivity index is 1.52. The van der Waals surface area contributed by atoms with Crippen LogP contribution in [0, 0.1) is 0 Å². The normalized spacial score (nSPS) is 15.3. The number of nitrogens with zero attached hydrogens (tertiary/aromatic N) is 2. The van der Waals surface area contributed by atoms with Crippen molar-refractivity contribution in [3.63, 3.8) is 0 Å². The zero-order valence-electron chi connectivity index (χ0n) is 22.8. The van der Waals surface area contributed by atoms with Gasteiger partial charge in [0.15, 0.2) is 0 Å². The van der Waals surface area contributed by atoms with Crippen molar-refractivity contribution in [1.82, 2.24) is 15.2 Å². The van der Waals surface area contributed by atoms with Gasteiger partial charge in [-0.2, -0.15) is 0 Å². The lowest BCUT2D eigenvalue weighted by Crippen LogP contribution is -2.42. The van der Waals surface area contributed by atoms with E-state index in [9.17, 15) is 14.3 Å². The SMILES string of the molecule is C=C(NC(CCN(CCCCc1ccc2c(n1)NCCC2)CC(CF)OC)C(=O)O)C(C)c1ccccc1. The number of aryl methyl sites for hydroxylation is 2. The molecule has 1 aromatic carbocycles. The highest BCUT2D eigenvalue weighted by atomic mass is 19.1. The Labute approximate surface area is 226 Å². The van der Waals surface area contributed by atoms with Crippen LogP contribution in [0.25, 0.3) is 0 Å². The number of benzene rings is 1. The van der Waals surface area contributed by atoms with Gasteiger partial charge in [-0.05, 0) is 62.3 Å². The number of methoxy groups -OCH3 is 1. The van der Waals surface area contributed by atoms with Crippen molar-refractivity contribution in [3.8, 4) is 0 Å². The molecule has 0 amide bonds. The molecule has 0 aliphatic carbocycles. The van der Waals surface area contributed by atoms with Crippen LogP contribution in [0.15, 0.2) is 54.7 Å². The number of carbonyl (C=O) groups is 1. The average molecular weight is 527 g/mol. The fourth-order valence-corrected chi connectivity index (χ4v) is 4.78. The third-order valence-corrected chi connectivity index (χ3v) is 7.29. The van der Waals surface area contributed by atoms with E-state index < -0.39 is 24.8 Å². The number of unbranched alkanes of at least 4 members (excludes halogenated alkanes) is 1. The van der Waals surface area contributed by atoms with E-state index in [4.69, 9.17) is 9.72 Å². The smallest absolute Gasteiger partial charge is 0.326 e. The Hall–Kier alpha value is -2.97.